The summed E-state index contributed by atoms with van der Waals surface area (Å²) in [5, 5.41) is 6.86. The molecule has 1 aromatic carbocycles. The highest BCUT2D eigenvalue weighted by Crippen LogP contribution is 2.13. The van der Waals surface area contributed by atoms with E-state index in [0.29, 0.717) is 16.9 Å². The van der Waals surface area contributed by atoms with Crippen LogP contribution in [0.25, 0.3) is 0 Å². The smallest absolute Gasteiger partial charge is 0.256 e. The van der Waals surface area contributed by atoms with E-state index in [0.717, 1.165) is 5.69 Å². The number of anilines is 1. The van der Waals surface area contributed by atoms with Gasteiger partial charge in [0.2, 0.25) is 0 Å². The molecule has 1 N–H and O–H groups in total. The average molecular weight is 247 g/mol. The van der Waals surface area contributed by atoms with E-state index < -0.39 is 0 Å². The maximum Gasteiger partial charge on any atom is 0.256 e. The molecule has 0 unspecified atom stereocenters. The van der Waals surface area contributed by atoms with Crippen molar-refractivity contribution in [3.63, 3.8) is 0 Å². The van der Waals surface area contributed by atoms with Gasteiger partial charge in [0, 0.05) is 18.7 Å². The van der Waals surface area contributed by atoms with Crippen LogP contribution in [0.4, 0.5) is 10.2 Å². The predicted octanol–water partition coefficient (Wildman–Crippen LogP) is 2.43. The normalized spacial score (nSPS) is 10.4. The number of halogens is 1. The molecule has 1 heterocycles. The first-order valence-electron chi connectivity index (χ1n) is 5.55. The molecular formula is C13H14FN3O. The number of hydrogen-bond acceptors (Lipinski definition) is 2. The van der Waals surface area contributed by atoms with Gasteiger partial charge in [-0.1, -0.05) is 0 Å². The van der Waals surface area contributed by atoms with Crippen molar-refractivity contribution >= 4 is 11.7 Å². The molecular weight excluding hydrogens is 233 g/mol. The second kappa shape index (κ2) is 4.60. The summed E-state index contributed by atoms with van der Waals surface area (Å²) in [5.41, 5.74) is 1.69. The Bertz CT molecular complexity index is 604. The van der Waals surface area contributed by atoms with Gasteiger partial charge < -0.3 is 5.32 Å². The second-order valence-electron chi connectivity index (χ2n) is 4.21. The SMILES string of the molecule is Cc1cc(NC(=O)c2ccc(F)c(C)c2)n(C)n1. The van der Waals surface area contributed by atoms with Crippen LogP contribution in [0.1, 0.15) is 21.6 Å². The van der Waals surface area contributed by atoms with E-state index in [9.17, 15) is 9.18 Å². The molecule has 2 aromatic rings. The Hall–Kier alpha value is -2.17. The molecule has 18 heavy (non-hydrogen) atoms. The topological polar surface area (TPSA) is 46.9 Å². The number of benzene rings is 1. The molecule has 94 valence electrons. The Morgan fingerprint density at radius 2 is 2.06 bits per heavy atom. The molecule has 1 aromatic heterocycles. The van der Waals surface area contributed by atoms with Gasteiger partial charge in [-0.3, -0.25) is 9.48 Å². The summed E-state index contributed by atoms with van der Waals surface area (Å²) in [7, 11) is 1.75. The van der Waals surface area contributed by atoms with Crippen molar-refractivity contribution < 1.29 is 9.18 Å². The molecule has 4 nitrogen and oxygen atoms in total. The summed E-state index contributed by atoms with van der Waals surface area (Å²) in [6.07, 6.45) is 0. The highest BCUT2D eigenvalue weighted by atomic mass is 19.1. The van der Waals surface area contributed by atoms with Crippen molar-refractivity contribution in [2.75, 3.05) is 5.32 Å². The third kappa shape index (κ3) is 2.40. The van der Waals surface area contributed by atoms with Crippen LogP contribution < -0.4 is 5.32 Å². The quantitative estimate of drug-likeness (QED) is 0.886. The lowest BCUT2D eigenvalue weighted by Gasteiger charge is -2.06. The molecule has 0 radical (unpaired) electrons. The Balaban J connectivity index is 2.22. The first-order valence-corrected chi connectivity index (χ1v) is 5.55. The fourth-order valence-electron chi connectivity index (χ4n) is 1.70. The summed E-state index contributed by atoms with van der Waals surface area (Å²) in [4.78, 5) is 12.0. The van der Waals surface area contributed by atoms with E-state index in [-0.39, 0.29) is 11.7 Å². The van der Waals surface area contributed by atoms with Crippen LogP contribution in [0.3, 0.4) is 0 Å². The lowest BCUT2D eigenvalue weighted by atomic mass is 10.1. The Kier molecular flexibility index (Phi) is 3.14. The van der Waals surface area contributed by atoms with Crippen LogP contribution in [0, 0.1) is 19.7 Å². The van der Waals surface area contributed by atoms with Gasteiger partial charge in [0.15, 0.2) is 0 Å². The maximum absolute atomic E-state index is 13.1. The van der Waals surface area contributed by atoms with E-state index in [2.05, 4.69) is 10.4 Å². The number of aromatic nitrogens is 2. The van der Waals surface area contributed by atoms with Gasteiger partial charge in [0.05, 0.1) is 5.69 Å². The molecule has 0 fully saturated rings. The van der Waals surface area contributed by atoms with Gasteiger partial charge in [0.25, 0.3) is 5.91 Å². The molecule has 0 aliphatic heterocycles. The first-order chi connectivity index (χ1) is 8.47. The van der Waals surface area contributed by atoms with Crippen LogP contribution >= 0.6 is 0 Å². The molecule has 0 saturated carbocycles. The van der Waals surface area contributed by atoms with Crippen LogP contribution in [0.15, 0.2) is 24.3 Å². The number of carbonyl (C=O) groups excluding carboxylic acids is 1. The number of aryl methyl sites for hydroxylation is 3. The number of hydrogen-bond donors (Lipinski definition) is 1. The van der Waals surface area contributed by atoms with Gasteiger partial charge in [-0.25, -0.2) is 4.39 Å². The second-order valence-corrected chi connectivity index (χ2v) is 4.21. The number of carbonyl (C=O) groups is 1. The van der Waals surface area contributed by atoms with Crippen molar-refractivity contribution in [3.8, 4) is 0 Å². The van der Waals surface area contributed by atoms with Crippen LogP contribution in [0.2, 0.25) is 0 Å². The average Bonchev–Trinajstić information content (AvgIpc) is 2.61. The summed E-state index contributed by atoms with van der Waals surface area (Å²) in [6, 6.07) is 6.04. The first kappa shape index (κ1) is 12.3. The monoisotopic (exact) mass is 247 g/mol. The summed E-state index contributed by atoms with van der Waals surface area (Å²) in [6.45, 7) is 3.47. The fourth-order valence-corrected chi connectivity index (χ4v) is 1.70. The van der Waals surface area contributed by atoms with Gasteiger partial charge in [-0.05, 0) is 37.6 Å². The van der Waals surface area contributed by atoms with Crippen molar-refractivity contribution in [3.05, 3.63) is 46.9 Å². The predicted molar refractivity (Wildman–Crippen MR) is 67.0 cm³/mol. The van der Waals surface area contributed by atoms with Crippen molar-refractivity contribution in [2.45, 2.75) is 13.8 Å². The number of amides is 1. The third-order valence-corrected chi connectivity index (χ3v) is 2.66. The van der Waals surface area contributed by atoms with Crippen LogP contribution in [-0.2, 0) is 7.05 Å². The number of nitrogens with zero attached hydrogens (tertiary/aromatic N) is 2. The molecule has 1 amide bonds. The largest absolute Gasteiger partial charge is 0.307 e. The minimum absolute atomic E-state index is 0.277. The lowest BCUT2D eigenvalue weighted by molar-refractivity contribution is 0.102. The minimum Gasteiger partial charge on any atom is -0.307 e. The Morgan fingerprint density at radius 3 is 2.61 bits per heavy atom. The van der Waals surface area contributed by atoms with Gasteiger partial charge in [-0.15, -0.1) is 0 Å². The zero-order chi connectivity index (χ0) is 13.3. The van der Waals surface area contributed by atoms with E-state index in [1.807, 2.05) is 6.92 Å². The number of rotatable bonds is 2. The summed E-state index contributed by atoms with van der Waals surface area (Å²) >= 11 is 0. The highest BCUT2D eigenvalue weighted by molar-refractivity contribution is 6.03. The molecule has 0 aliphatic carbocycles. The van der Waals surface area contributed by atoms with Gasteiger partial charge >= 0.3 is 0 Å². The summed E-state index contributed by atoms with van der Waals surface area (Å²) < 4.78 is 14.7. The van der Waals surface area contributed by atoms with E-state index >= 15 is 0 Å². The third-order valence-electron chi connectivity index (χ3n) is 2.66. The van der Waals surface area contributed by atoms with E-state index in [4.69, 9.17) is 0 Å². The standard InChI is InChI=1S/C13H14FN3O/c1-8-6-10(4-5-11(8)14)13(18)15-12-7-9(2)16-17(12)3/h4-7H,1-3H3,(H,15,18). The van der Waals surface area contributed by atoms with Gasteiger partial charge in [0.1, 0.15) is 11.6 Å². The zero-order valence-corrected chi connectivity index (χ0v) is 10.5. The molecule has 0 saturated heterocycles. The molecule has 5 heteroatoms. The molecule has 0 aliphatic rings. The van der Waals surface area contributed by atoms with E-state index in [1.54, 1.807) is 24.7 Å². The van der Waals surface area contributed by atoms with Crippen molar-refractivity contribution in [1.29, 1.82) is 0 Å². The van der Waals surface area contributed by atoms with E-state index in [1.165, 1.54) is 18.2 Å². The maximum atomic E-state index is 13.1. The fraction of sp³-hybridized carbons (Fsp3) is 0.231. The summed E-state index contributed by atoms with van der Waals surface area (Å²) in [5.74, 6) is 0.0171. The molecule has 0 bridgehead atoms. The zero-order valence-electron chi connectivity index (χ0n) is 10.5. The molecule has 0 spiro atoms. The Morgan fingerprint density at radius 1 is 1.33 bits per heavy atom. The lowest BCUT2D eigenvalue weighted by Crippen LogP contribution is -2.14. The minimum atomic E-state index is -0.317. The number of nitrogens with one attached hydrogen (secondary N) is 1. The van der Waals surface area contributed by atoms with Crippen molar-refractivity contribution in [1.82, 2.24) is 9.78 Å². The highest BCUT2D eigenvalue weighted by Gasteiger charge is 2.10. The molecule has 2 rings (SSSR count). The van der Waals surface area contributed by atoms with Crippen molar-refractivity contribution in [2.24, 2.45) is 7.05 Å². The Labute approximate surface area is 104 Å². The van der Waals surface area contributed by atoms with Gasteiger partial charge in [-0.2, -0.15) is 5.10 Å². The van der Waals surface area contributed by atoms with Crippen LogP contribution in [-0.4, -0.2) is 15.7 Å². The molecule has 0 atom stereocenters. The van der Waals surface area contributed by atoms with Crippen LogP contribution in [0.5, 0.6) is 0 Å².